The van der Waals surface area contributed by atoms with Crippen LogP contribution in [0.15, 0.2) is 35.2 Å². The van der Waals surface area contributed by atoms with Gasteiger partial charge in [-0.1, -0.05) is 6.92 Å². The molecular weight excluding hydrogens is 404 g/mol. The standard InChI is InChI=1S/C22H28N2O5S/c1-4-11-24-16(2)14-20(17(24)3)21(25)15-29-22(26)18-7-9-19(10-8-18)30(27,28)23-12-5-6-13-23/h7-10,14H,4-6,11-13,15H2,1-3H3. The summed E-state index contributed by atoms with van der Waals surface area (Å²) < 4.78 is 33.8. The van der Waals surface area contributed by atoms with E-state index in [-0.39, 0.29) is 22.8 Å². The predicted octanol–water partition coefficient (Wildman–Crippen LogP) is 3.34. The molecule has 0 aliphatic carbocycles. The molecule has 7 nitrogen and oxygen atoms in total. The minimum absolute atomic E-state index is 0.153. The zero-order chi connectivity index (χ0) is 21.9. The Balaban J connectivity index is 1.64. The normalized spacial score (nSPS) is 14.8. The van der Waals surface area contributed by atoms with Crippen molar-refractivity contribution in [2.75, 3.05) is 19.7 Å². The summed E-state index contributed by atoms with van der Waals surface area (Å²) in [5.41, 5.74) is 2.63. The molecule has 0 N–H and O–H groups in total. The number of ketones is 1. The molecule has 0 bridgehead atoms. The fourth-order valence-corrected chi connectivity index (χ4v) is 5.30. The van der Waals surface area contributed by atoms with Crippen molar-refractivity contribution in [1.29, 1.82) is 0 Å². The molecule has 2 aromatic rings. The second-order valence-electron chi connectivity index (χ2n) is 7.57. The Kier molecular flexibility index (Phi) is 6.77. The smallest absolute Gasteiger partial charge is 0.338 e. The fourth-order valence-electron chi connectivity index (χ4n) is 3.78. The number of rotatable bonds is 8. The summed E-state index contributed by atoms with van der Waals surface area (Å²) in [7, 11) is -3.53. The SMILES string of the molecule is CCCn1c(C)cc(C(=O)COC(=O)c2ccc(S(=O)(=O)N3CCCC3)cc2)c1C. The molecule has 0 saturated carbocycles. The van der Waals surface area contributed by atoms with Crippen molar-refractivity contribution in [3.8, 4) is 0 Å². The molecule has 1 aliphatic rings. The highest BCUT2D eigenvalue weighted by atomic mass is 32.2. The Morgan fingerprint density at radius 1 is 1.07 bits per heavy atom. The molecule has 1 saturated heterocycles. The van der Waals surface area contributed by atoms with Crippen molar-refractivity contribution in [3.63, 3.8) is 0 Å². The molecule has 0 spiro atoms. The van der Waals surface area contributed by atoms with Gasteiger partial charge in [-0.25, -0.2) is 13.2 Å². The van der Waals surface area contributed by atoms with E-state index >= 15 is 0 Å². The molecule has 2 heterocycles. The second-order valence-corrected chi connectivity index (χ2v) is 9.51. The van der Waals surface area contributed by atoms with Gasteiger partial charge < -0.3 is 9.30 Å². The highest BCUT2D eigenvalue weighted by Crippen LogP contribution is 2.21. The van der Waals surface area contributed by atoms with Gasteiger partial charge in [-0.2, -0.15) is 4.31 Å². The lowest BCUT2D eigenvalue weighted by molar-refractivity contribution is 0.0474. The third-order valence-corrected chi connectivity index (χ3v) is 7.36. The third-order valence-electron chi connectivity index (χ3n) is 5.45. The van der Waals surface area contributed by atoms with Crippen molar-refractivity contribution < 1.29 is 22.7 Å². The summed E-state index contributed by atoms with van der Waals surface area (Å²) in [5.74, 6) is -0.914. The molecule has 0 atom stereocenters. The van der Waals surface area contributed by atoms with Gasteiger partial charge in [0, 0.05) is 36.6 Å². The number of benzene rings is 1. The largest absolute Gasteiger partial charge is 0.454 e. The van der Waals surface area contributed by atoms with E-state index in [1.54, 1.807) is 0 Å². The lowest BCUT2D eigenvalue weighted by atomic mass is 10.1. The number of carbonyl (C=O) groups excluding carboxylic acids is 2. The van der Waals surface area contributed by atoms with Gasteiger partial charge in [-0.3, -0.25) is 4.79 Å². The lowest BCUT2D eigenvalue weighted by Gasteiger charge is -2.15. The number of esters is 1. The van der Waals surface area contributed by atoms with Crippen molar-refractivity contribution in [2.45, 2.75) is 51.5 Å². The van der Waals surface area contributed by atoms with Gasteiger partial charge >= 0.3 is 5.97 Å². The number of hydrogen-bond donors (Lipinski definition) is 0. The van der Waals surface area contributed by atoms with E-state index in [2.05, 4.69) is 11.5 Å². The molecule has 30 heavy (non-hydrogen) atoms. The summed E-state index contributed by atoms with van der Waals surface area (Å²) in [6.07, 6.45) is 2.68. The molecule has 0 unspecified atom stereocenters. The summed E-state index contributed by atoms with van der Waals surface area (Å²) in [6.45, 7) is 7.42. The van der Waals surface area contributed by atoms with Crippen LogP contribution in [0.25, 0.3) is 0 Å². The van der Waals surface area contributed by atoms with Crippen LogP contribution in [0.1, 0.15) is 58.3 Å². The Morgan fingerprint density at radius 3 is 2.30 bits per heavy atom. The van der Waals surface area contributed by atoms with Crippen LogP contribution < -0.4 is 0 Å². The monoisotopic (exact) mass is 432 g/mol. The van der Waals surface area contributed by atoms with E-state index < -0.39 is 16.0 Å². The maximum Gasteiger partial charge on any atom is 0.338 e. The van der Waals surface area contributed by atoms with Crippen molar-refractivity contribution in [3.05, 3.63) is 52.8 Å². The fraction of sp³-hybridized carbons (Fsp3) is 0.455. The highest BCUT2D eigenvalue weighted by molar-refractivity contribution is 7.89. The van der Waals surface area contributed by atoms with Crippen LogP contribution in [0.3, 0.4) is 0 Å². The van der Waals surface area contributed by atoms with Crippen LogP contribution in [-0.4, -0.2) is 48.7 Å². The number of hydrogen-bond acceptors (Lipinski definition) is 5. The van der Waals surface area contributed by atoms with Gasteiger partial charge in [0.2, 0.25) is 15.8 Å². The molecule has 1 aromatic carbocycles. The average Bonchev–Trinajstić information content (AvgIpc) is 3.37. The Bertz CT molecular complexity index is 1030. The molecule has 1 fully saturated rings. The maximum atomic E-state index is 12.6. The second kappa shape index (κ2) is 9.14. The van der Waals surface area contributed by atoms with E-state index in [1.165, 1.54) is 28.6 Å². The average molecular weight is 433 g/mol. The number of ether oxygens (including phenoxy) is 1. The Labute approximate surface area is 177 Å². The minimum Gasteiger partial charge on any atom is -0.454 e. The van der Waals surface area contributed by atoms with Gasteiger partial charge in [0.1, 0.15) is 0 Å². The topological polar surface area (TPSA) is 85.7 Å². The Hall–Kier alpha value is -2.45. The van der Waals surface area contributed by atoms with Crippen LogP contribution in [0, 0.1) is 13.8 Å². The van der Waals surface area contributed by atoms with E-state index in [4.69, 9.17) is 4.74 Å². The predicted molar refractivity (Wildman–Crippen MR) is 113 cm³/mol. The van der Waals surface area contributed by atoms with Crippen LogP contribution in [0.2, 0.25) is 0 Å². The van der Waals surface area contributed by atoms with Crippen LogP contribution in [-0.2, 0) is 21.3 Å². The van der Waals surface area contributed by atoms with E-state index in [9.17, 15) is 18.0 Å². The number of aryl methyl sites for hydroxylation is 1. The molecule has 0 amide bonds. The lowest BCUT2D eigenvalue weighted by Crippen LogP contribution is -2.27. The van der Waals surface area contributed by atoms with Crippen LogP contribution in [0.4, 0.5) is 0 Å². The van der Waals surface area contributed by atoms with Gasteiger partial charge in [-0.15, -0.1) is 0 Å². The minimum atomic E-state index is -3.53. The molecule has 1 aliphatic heterocycles. The molecule has 1 aromatic heterocycles. The van der Waals surface area contributed by atoms with E-state index in [0.29, 0.717) is 18.7 Å². The first-order chi connectivity index (χ1) is 14.3. The molecule has 0 radical (unpaired) electrons. The van der Waals surface area contributed by atoms with Crippen molar-refractivity contribution in [2.24, 2.45) is 0 Å². The van der Waals surface area contributed by atoms with E-state index in [1.807, 2.05) is 19.9 Å². The maximum absolute atomic E-state index is 12.6. The zero-order valence-corrected chi connectivity index (χ0v) is 18.5. The number of Topliss-reactive ketones (excluding diaryl/α,β-unsaturated/α-hetero) is 1. The van der Waals surface area contributed by atoms with Gasteiger partial charge in [0.05, 0.1) is 10.5 Å². The number of sulfonamides is 1. The van der Waals surface area contributed by atoms with Gasteiger partial charge in [0.25, 0.3) is 0 Å². The summed E-state index contributed by atoms with van der Waals surface area (Å²) in [6, 6.07) is 7.47. The summed E-state index contributed by atoms with van der Waals surface area (Å²) >= 11 is 0. The number of aromatic nitrogens is 1. The van der Waals surface area contributed by atoms with Crippen LogP contribution >= 0.6 is 0 Å². The summed E-state index contributed by atoms with van der Waals surface area (Å²) in [5, 5.41) is 0. The van der Waals surface area contributed by atoms with Crippen molar-refractivity contribution in [1.82, 2.24) is 8.87 Å². The van der Waals surface area contributed by atoms with Gasteiger partial charge in [0.15, 0.2) is 6.61 Å². The van der Waals surface area contributed by atoms with Crippen LogP contribution in [0.5, 0.6) is 0 Å². The molecule has 3 rings (SSSR count). The van der Waals surface area contributed by atoms with E-state index in [0.717, 1.165) is 37.2 Å². The van der Waals surface area contributed by atoms with Crippen molar-refractivity contribution >= 4 is 21.8 Å². The quantitative estimate of drug-likeness (QED) is 0.472. The number of carbonyl (C=O) groups is 2. The third kappa shape index (κ3) is 4.49. The highest BCUT2D eigenvalue weighted by Gasteiger charge is 2.27. The summed E-state index contributed by atoms with van der Waals surface area (Å²) in [4.78, 5) is 25.0. The molecule has 162 valence electrons. The number of nitrogens with zero attached hydrogens (tertiary/aromatic N) is 2. The first-order valence-electron chi connectivity index (χ1n) is 10.2. The molecular formula is C22H28N2O5S. The first kappa shape index (κ1) is 22.2. The first-order valence-corrected chi connectivity index (χ1v) is 11.7. The molecule has 8 heteroatoms. The Morgan fingerprint density at radius 2 is 1.70 bits per heavy atom. The zero-order valence-electron chi connectivity index (χ0n) is 17.7. The van der Waals surface area contributed by atoms with Gasteiger partial charge in [-0.05, 0) is 63.4 Å².